The number of nitrogens with one attached hydrogen (secondary N) is 1. The summed E-state index contributed by atoms with van der Waals surface area (Å²) in [7, 11) is 0. The Hall–Kier alpha value is -2.54. The fraction of sp³-hybridized carbons (Fsp3) is 0.235. The van der Waals surface area contributed by atoms with Crippen LogP contribution in [0.25, 0.3) is 0 Å². The van der Waals surface area contributed by atoms with Gasteiger partial charge in [0.05, 0.1) is 0 Å². The molecule has 0 saturated heterocycles. The number of nitrogens with zero attached hydrogens (tertiary/aromatic N) is 3. The fourth-order valence-electron chi connectivity index (χ4n) is 2.29. The molecule has 0 aliphatic rings. The van der Waals surface area contributed by atoms with Gasteiger partial charge in [0, 0.05) is 42.9 Å². The van der Waals surface area contributed by atoms with Crippen LogP contribution in [0.15, 0.2) is 42.9 Å². The maximum Gasteiger partial charge on any atom is 0.227 e. The smallest absolute Gasteiger partial charge is 0.227 e. The predicted molar refractivity (Wildman–Crippen MR) is 91.5 cm³/mol. The third-order valence-corrected chi connectivity index (χ3v) is 4.51. The molecule has 124 valence electrons. The van der Waals surface area contributed by atoms with Crippen LogP contribution in [0, 0.1) is 12.7 Å². The Kier molecular flexibility index (Phi) is 5.00. The summed E-state index contributed by atoms with van der Waals surface area (Å²) in [6, 6.07) is 6.38. The Morgan fingerprint density at radius 3 is 2.79 bits per heavy atom. The molecule has 0 unspecified atom stereocenters. The van der Waals surface area contributed by atoms with E-state index in [0.29, 0.717) is 24.5 Å². The van der Waals surface area contributed by atoms with Crippen molar-refractivity contribution >= 4 is 22.4 Å². The molecule has 0 bridgehead atoms. The van der Waals surface area contributed by atoms with Gasteiger partial charge < -0.3 is 9.88 Å². The minimum Gasteiger partial charge on any atom is -0.335 e. The lowest BCUT2D eigenvalue weighted by atomic mass is 10.1. The fourth-order valence-corrected chi connectivity index (χ4v) is 3.16. The number of amides is 1. The second kappa shape index (κ2) is 7.35. The molecule has 0 fully saturated rings. The monoisotopic (exact) mass is 344 g/mol. The van der Waals surface area contributed by atoms with E-state index in [9.17, 15) is 9.18 Å². The van der Waals surface area contributed by atoms with E-state index in [-0.39, 0.29) is 11.7 Å². The van der Waals surface area contributed by atoms with Crippen molar-refractivity contribution < 1.29 is 9.18 Å². The highest BCUT2D eigenvalue weighted by Crippen LogP contribution is 2.21. The lowest BCUT2D eigenvalue weighted by Gasteiger charge is -2.04. The van der Waals surface area contributed by atoms with Gasteiger partial charge >= 0.3 is 0 Å². The van der Waals surface area contributed by atoms with Crippen molar-refractivity contribution in [3.63, 3.8) is 0 Å². The number of aryl methyl sites for hydroxylation is 2. The summed E-state index contributed by atoms with van der Waals surface area (Å²) < 4.78 is 14.8. The SMILES string of the molecule is Cc1nccn1CCC(=O)Nc1ncc(Cc2ccc(F)cc2)s1. The van der Waals surface area contributed by atoms with E-state index in [1.54, 1.807) is 24.5 Å². The highest BCUT2D eigenvalue weighted by atomic mass is 32.1. The van der Waals surface area contributed by atoms with Gasteiger partial charge in [0.15, 0.2) is 5.13 Å². The number of imidazole rings is 1. The topological polar surface area (TPSA) is 59.8 Å². The number of hydrogen-bond acceptors (Lipinski definition) is 4. The Balaban J connectivity index is 1.52. The van der Waals surface area contributed by atoms with Crippen molar-refractivity contribution in [3.8, 4) is 0 Å². The first-order valence-corrected chi connectivity index (χ1v) is 8.38. The number of rotatable bonds is 6. The van der Waals surface area contributed by atoms with E-state index in [1.807, 2.05) is 17.7 Å². The standard InChI is InChI=1S/C17H17FN4OS/c1-12-19-7-9-22(12)8-6-16(23)21-17-20-11-15(24-17)10-13-2-4-14(18)5-3-13/h2-5,7,9,11H,6,8,10H2,1H3,(H,20,21,23). The number of anilines is 1. The Morgan fingerprint density at radius 1 is 1.29 bits per heavy atom. The molecule has 0 aliphatic carbocycles. The molecule has 2 heterocycles. The molecular formula is C17H17FN4OS. The zero-order valence-electron chi connectivity index (χ0n) is 13.2. The van der Waals surface area contributed by atoms with Crippen molar-refractivity contribution in [2.45, 2.75) is 26.3 Å². The summed E-state index contributed by atoms with van der Waals surface area (Å²) in [6.45, 7) is 2.49. The van der Waals surface area contributed by atoms with Crippen LogP contribution in [0.3, 0.4) is 0 Å². The van der Waals surface area contributed by atoms with E-state index in [1.165, 1.54) is 23.5 Å². The lowest BCUT2D eigenvalue weighted by Crippen LogP contribution is -2.14. The molecule has 7 heteroatoms. The van der Waals surface area contributed by atoms with Gasteiger partial charge in [-0.15, -0.1) is 11.3 Å². The summed E-state index contributed by atoms with van der Waals surface area (Å²) in [6.07, 6.45) is 6.35. The minimum atomic E-state index is -0.246. The van der Waals surface area contributed by atoms with Gasteiger partial charge in [-0.1, -0.05) is 12.1 Å². The summed E-state index contributed by atoms with van der Waals surface area (Å²) in [5, 5.41) is 3.40. The molecule has 0 atom stereocenters. The molecule has 1 aromatic carbocycles. The van der Waals surface area contributed by atoms with E-state index in [0.717, 1.165) is 16.3 Å². The largest absolute Gasteiger partial charge is 0.335 e. The zero-order valence-corrected chi connectivity index (χ0v) is 14.0. The molecule has 0 spiro atoms. The first-order valence-electron chi connectivity index (χ1n) is 7.57. The number of carbonyl (C=O) groups is 1. The van der Waals surface area contributed by atoms with E-state index >= 15 is 0 Å². The normalized spacial score (nSPS) is 10.8. The number of carbonyl (C=O) groups excluding carboxylic acids is 1. The average molecular weight is 344 g/mol. The second-order valence-electron chi connectivity index (χ2n) is 5.40. The highest BCUT2D eigenvalue weighted by molar-refractivity contribution is 7.15. The third-order valence-electron chi connectivity index (χ3n) is 3.59. The quantitative estimate of drug-likeness (QED) is 0.745. The molecule has 3 rings (SSSR count). The summed E-state index contributed by atoms with van der Waals surface area (Å²) >= 11 is 1.43. The Morgan fingerprint density at radius 2 is 2.08 bits per heavy atom. The summed E-state index contributed by atoms with van der Waals surface area (Å²) in [5.74, 6) is 0.563. The van der Waals surface area contributed by atoms with Gasteiger partial charge in [-0.25, -0.2) is 14.4 Å². The van der Waals surface area contributed by atoms with Gasteiger partial charge in [-0.2, -0.15) is 0 Å². The molecule has 3 aromatic rings. The van der Waals surface area contributed by atoms with Crippen LogP contribution >= 0.6 is 11.3 Å². The van der Waals surface area contributed by atoms with Crippen LogP contribution in [0.5, 0.6) is 0 Å². The van der Waals surface area contributed by atoms with Crippen LogP contribution in [0.2, 0.25) is 0 Å². The maximum atomic E-state index is 12.9. The molecular weight excluding hydrogens is 327 g/mol. The van der Waals surface area contributed by atoms with Crippen molar-refractivity contribution in [2.24, 2.45) is 0 Å². The van der Waals surface area contributed by atoms with Crippen LogP contribution in [0.4, 0.5) is 9.52 Å². The maximum absolute atomic E-state index is 12.9. The number of thiazole rings is 1. The van der Waals surface area contributed by atoms with E-state index < -0.39 is 0 Å². The molecule has 2 aromatic heterocycles. The summed E-state index contributed by atoms with van der Waals surface area (Å²) in [5.41, 5.74) is 1.01. The van der Waals surface area contributed by atoms with Gasteiger partial charge in [0.2, 0.25) is 5.91 Å². The molecule has 0 radical (unpaired) electrons. The van der Waals surface area contributed by atoms with E-state index in [2.05, 4.69) is 15.3 Å². The minimum absolute atomic E-state index is 0.0780. The average Bonchev–Trinajstić information content (AvgIpc) is 3.17. The Bertz CT molecular complexity index is 825. The van der Waals surface area contributed by atoms with Crippen molar-refractivity contribution in [2.75, 3.05) is 5.32 Å². The van der Waals surface area contributed by atoms with Crippen LogP contribution in [-0.2, 0) is 17.8 Å². The molecule has 1 amide bonds. The van der Waals surface area contributed by atoms with Gasteiger partial charge in [0.1, 0.15) is 11.6 Å². The van der Waals surface area contributed by atoms with Crippen molar-refractivity contribution in [1.29, 1.82) is 0 Å². The van der Waals surface area contributed by atoms with Gasteiger partial charge in [0.25, 0.3) is 0 Å². The third kappa shape index (κ3) is 4.26. The second-order valence-corrected chi connectivity index (χ2v) is 6.52. The number of hydrogen-bond donors (Lipinski definition) is 1. The lowest BCUT2D eigenvalue weighted by molar-refractivity contribution is -0.116. The zero-order chi connectivity index (χ0) is 16.9. The first-order chi connectivity index (χ1) is 11.6. The van der Waals surface area contributed by atoms with E-state index in [4.69, 9.17) is 0 Å². The predicted octanol–water partition coefficient (Wildman–Crippen LogP) is 3.41. The molecule has 0 saturated carbocycles. The number of halogens is 1. The molecule has 1 N–H and O–H groups in total. The molecule has 24 heavy (non-hydrogen) atoms. The molecule has 0 aliphatic heterocycles. The van der Waals surface area contributed by atoms with Crippen LogP contribution < -0.4 is 5.32 Å². The summed E-state index contributed by atoms with van der Waals surface area (Å²) in [4.78, 5) is 21.4. The van der Waals surface area contributed by atoms with Gasteiger partial charge in [-0.3, -0.25) is 4.79 Å². The molecule has 5 nitrogen and oxygen atoms in total. The van der Waals surface area contributed by atoms with Crippen LogP contribution in [-0.4, -0.2) is 20.4 Å². The Labute approximate surface area is 143 Å². The number of benzene rings is 1. The van der Waals surface area contributed by atoms with Gasteiger partial charge in [-0.05, 0) is 24.6 Å². The van der Waals surface area contributed by atoms with Crippen molar-refractivity contribution in [3.05, 3.63) is 64.9 Å². The van der Waals surface area contributed by atoms with Crippen molar-refractivity contribution in [1.82, 2.24) is 14.5 Å². The number of aromatic nitrogens is 3. The first kappa shape index (κ1) is 16.3. The van der Waals surface area contributed by atoms with Crippen LogP contribution in [0.1, 0.15) is 22.7 Å². The highest BCUT2D eigenvalue weighted by Gasteiger charge is 2.08.